The van der Waals surface area contributed by atoms with Crippen molar-refractivity contribution in [2.45, 2.75) is 47.9 Å². The highest BCUT2D eigenvalue weighted by molar-refractivity contribution is 8.00. The zero-order chi connectivity index (χ0) is 16.1. The molecule has 1 aromatic carbocycles. The van der Waals surface area contributed by atoms with E-state index in [0.29, 0.717) is 9.89 Å². The Labute approximate surface area is 155 Å². The van der Waals surface area contributed by atoms with E-state index in [-0.39, 0.29) is 0 Å². The van der Waals surface area contributed by atoms with Crippen molar-refractivity contribution in [3.63, 3.8) is 0 Å². The van der Waals surface area contributed by atoms with Crippen LogP contribution in [0.2, 0.25) is 10.0 Å². The van der Waals surface area contributed by atoms with Crippen LogP contribution >= 0.6 is 47.2 Å². The first-order valence-electron chi connectivity index (χ1n) is 7.92. The average molecular weight is 385 g/mol. The first-order chi connectivity index (χ1) is 11.0. The van der Waals surface area contributed by atoms with Crippen molar-refractivity contribution in [1.82, 2.24) is 9.88 Å². The molecule has 1 aromatic heterocycles. The zero-order valence-corrected chi connectivity index (χ0v) is 16.0. The van der Waals surface area contributed by atoms with Crippen LogP contribution in [-0.2, 0) is 0 Å². The molecule has 1 N–H and O–H groups in total. The molecule has 6 heteroatoms. The molecule has 2 bridgehead atoms. The Hall–Kier alpha value is -0.260. The van der Waals surface area contributed by atoms with Crippen LogP contribution in [0.25, 0.3) is 10.9 Å². The van der Waals surface area contributed by atoms with Crippen LogP contribution in [0.1, 0.15) is 25.7 Å². The average Bonchev–Trinajstić information content (AvgIpc) is 2.73. The molecule has 0 amide bonds. The number of pyridine rings is 1. The van der Waals surface area contributed by atoms with Crippen molar-refractivity contribution in [2.24, 2.45) is 0 Å². The number of thioether (sulfide) groups is 1. The molecule has 4 rings (SSSR count). The van der Waals surface area contributed by atoms with Gasteiger partial charge in [-0.2, -0.15) is 0 Å². The number of hydrogen-bond donors (Lipinski definition) is 1. The summed E-state index contributed by atoms with van der Waals surface area (Å²) >= 11 is 20.2. The minimum Gasteiger partial charge on any atom is -0.346 e. The number of H-pyrrole nitrogens is 1. The maximum absolute atomic E-state index is 6.67. The summed E-state index contributed by atoms with van der Waals surface area (Å²) in [6, 6.07) is 7.25. The van der Waals surface area contributed by atoms with Crippen LogP contribution in [0.5, 0.6) is 0 Å². The van der Waals surface area contributed by atoms with Crippen molar-refractivity contribution < 1.29 is 0 Å². The topological polar surface area (TPSA) is 19.0 Å². The summed E-state index contributed by atoms with van der Waals surface area (Å²) in [5.74, 6) is 0. The molecule has 0 radical (unpaired) electrons. The summed E-state index contributed by atoms with van der Waals surface area (Å²) in [6.45, 7) is 0. The number of aromatic amines is 1. The molecular weight excluding hydrogens is 367 g/mol. The van der Waals surface area contributed by atoms with Crippen LogP contribution in [0, 0.1) is 4.64 Å². The number of halogens is 2. The molecule has 3 heterocycles. The van der Waals surface area contributed by atoms with Gasteiger partial charge in [0.25, 0.3) is 0 Å². The van der Waals surface area contributed by atoms with Gasteiger partial charge in [-0.05, 0) is 50.9 Å². The van der Waals surface area contributed by atoms with Gasteiger partial charge >= 0.3 is 0 Å². The molecule has 23 heavy (non-hydrogen) atoms. The first kappa shape index (κ1) is 16.2. The van der Waals surface area contributed by atoms with E-state index in [0.717, 1.165) is 37.9 Å². The van der Waals surface area contributed by atoms with Crippen molar-refractivity contribution in [2.75, 3.05) is 7.05 Å². The van der Waals surface area contributed by atoms with Gasteiger partial charge in [-0.15, -0.1) is 11.8 Å². The van der Waals surface area contributed by atoms with Gasteiger partial charge in [-0.25, -0.2) is 0 Å². The van der Waals surface area contributed by atoms with Crippen LogP contribution in [0.4, 0.5) is 0 Å². The Bertz CT molecular complexity index is 806. The Morgan fingerprint density at radius 1 is 1.22 bits per heavy atom. The third-order valence-corrected chi connectivity index (χ3v) is 7.74. The van der Waals surface area contributed by atoms with E-state index < -0.39 is 0 Å². The van der Waals surface area contributed by atoms with E-state index in [1.165, 1.54) is 25.7 Å². The number of nitrogens with zero attached hydrogens (tertiary/aromatic N) is 1. The second-order valence-electron chi connectivity index (χ2n) is 6.55. The van der Waals surface area contributed by atoms with Gasteiger partial charge in [0.1, 0.15) is 4.64 Å². The highest BCUT2D eigenvalue weighted by Crippen LogP contribution is 2.46. The van der Waals surface area contributed by atoms with Crippen LogP contribution in [0.15, 0.2) is 23.1 Å². The smallest absolute Gasteiger partial charge is 0.103 e. The molecule has 0 aliphatic carbocycles. The summed E-state index contributed by atoms with van der Waals surface area (Å²) < 4.78 is 0.692. The molecule has 2 fully saturated rings. The van der Waals surface area contributed by atoms with E-state index in [9.17, 15) is 0 Å². The number of aromatic nitrogens is 1. The molecule has 0 spiro atoms. The van der Waals surface area contributed by atoms with Crippen molar-refractivity contribution >= 4 is 58.1 Å². The van der Waals surface area contributed by atoms with E-state index in [1.54, 1.807) is 0 Å². The highest BCUT2D eigenvalue weighted by atomic mass is 35.5. The lowest BCUT2D eigenvalue weighted by molar-refractivity contribution is 0.183. The van der Waals surface area contributed by atoms with Crippen molar-refractivity contribution in [3.05, 3.63) is 32.9 Å². The molecule has 2 aliphatic rings. The van der Waals surface area contributed by atoms with E-state index in [4.69, 9.17) is 35.4 Å². The second kappa shape index (κ2) is 6.23. The normalized spacial score (nSPS) is 27.7. The fraction of sp³-hybridized carbons (Fsp3) is 0.471. The number of nitrogens with one attached hydrogen (secondary N) is 1. The Balaban J connectivity index is 1.67. The van der Waals surface area contributed by atoms with E-state index in [1.807, 2.05) is 30.0 Å². The van der Waals surface area contributed by atoms with Gasteiger partial charge in [-0.1, -0.05) is 35.4 Å². The fourth-order valence-electron chi connectivity index (χ4n) is 3.95. The fourth-order valence-corrected chi connectivity index (χ4v) is 6.27. The molecule has 0 saturated carbocycles. The second-order valence-corrected chi connectivity index (χ2v) is 9.08. The minimum absolute atomic E-state index is 0.596. The lowest BCUT2D eigenvalue weighted by Gasteiger charge is -2.36. The number of rotatable bonds is 2. The maximum atomic E-state index is 6.67. The van der Waals surface area contributed by atoms with Crippen LogP contribution < -0.4 is 0 Å². The zero-order valence-electron chi connectivity index (χ0n) is 12.8. The number of hydrogen-bond acceptors (Lipinski definition) is 3. The quantitative estimate of drug-likeness (QED) is 0.648. The largest absolute Gasteiger partial charge is 0.346 e. The summed E-state index contributed by atoms with van der Waals surface area (Å²) in [7, 11) is 2.27. The minimum atomic E-state index is 0.596. The Kier molecular flexibility index (Phi) is 4.39. The monoisotopic (exact) mass is 384 g/mol. The number of piperidine rings is 1. The van der Waals surface area contributed by atoms with Gasteiger partial charge in [-0.3, -0.25) is 0 Å². The lowest BCUT2D eigenvalue weighted by atomic mass is 10.0. The Morgan fingerprint density at radius 2 is 1.91 bits per heavy atom. The third-order valence-electron chi connectivity index (χ3n) is 5.21. The standard InChI is InChI=1S/C17H18Cl2N2S2/c1-21-9-2-3-10(21)7-11(6-9)23-17-13(18)8-14-12(16(17)19)4-5-15(22)20-14/h4-5,8-11H,2-3,6-7H2,1H3,(H,20,22)/t9-,10+,11-. The van der Waals surface area contributed by atoms with Crippen LogP contribution in [-0.4, -0.2) is 34.3 Å². The predicted octanol–water partition coefficient (Wildman–Crippen LogP) is 5.92. The molecule has 2 saturated heterocycles. The first-order valence-corrected chi connectivity index (χ1v) is 9.97. The molecule has 122 valence electrons. The predicted molar refractivity (Wildman–Crippen MR) is 103 cm³/mol. The molecule has 2 nitrogen and oxygen atoms in total. The SMILES string of the molecule is CN1[C@@H]2CC[C@H]1C[C@H](Sc1c(Cl)cc3[nH]c(=S)ccc3c1Cl)C2. The molecule has 2 aliphatic heterocycles. The highest BCUT2D eigenvalue weighted by Gasteiger charge is 2.39. The summed E-state index contributed by atoms with van der Waals surface area (Å²) in [4.78, 5) is 6.73. The third kappa shape index (κ3) is 2.93. The van der Waals surface area contributed by atoms with Crippen molar-refractivity contribution in [1.29, 1.82) is 0 Å². The van der Waals surface area contributed by atoms with Gasteiger partial charge in [0, 0.05) is 33.1 Å². The lowest BCUT2D eigenvalue weighted by Crippen LogP contribution is -2.40. The van der Waals surface area contributed by atoms with E-state index >= 15 is 0 Å². The van der Waals surface area contributed by atoms with Gasteiger partial charge < -0.3 is 9.88 Å². The van der Waals surface area contributed by atoms with E-state index in [2.05, 4.69) is 16.9 Å². The summed E-state index contributed by atoms with van der Waals surface area (Å²) in [5, 5.41) is 3.05. The number of benzene rings is 1. The molecular formula is C17H18Cl2N2S2. The molecule has 3 atom stereocenters. The van der Waals surface area contributed by atoms with Gasteiger partial charge in [0.15, 0.2) is 0 Å². The number of fused-ring (bicyclic) bond motifs is 3. The van der Waals surface area contributed by atoms with Crippen LogP contribution in [0.3, 0.4) is 0 Å². The summed E-state index contributed by atoms with van der Waals surface area (Å²) in [5.41, 5.74) is 0.903. The molecule has 0 unspecified atom stereocenters. The maximum Gasteiger partial charge on any atom is 0.103 e. The van der Waals surface area contributed by atoms with Gasteiger partial charge in [0.05, 0.1) is 10.0 Å². The van der Waals surface area contributed by atoms with Crippen molar-refractivity contribution in [3.8, 4) is 0 Å². The summed E-state index contributed by atoms with van der Waals surface area (Å²) in [6.07, 6.45) is 5.10. The Morgan fingerprint density at radius 3 is 2.61 bits per heavy atom. The van der Waals surface area contributed by atoms with Gasteiger partial charge in [0.2, 0.25) is 0 Å². The molecule has 2 aromatic rings.